The van der Waals surface area contributed by atoms with Crippen molar-refractivity contribution in [3.05, 3.63) is 17.8 Å². The molecule has 98 valence electrons. The molecule has 0 saturated carbocycles. The van der Waals surface area contributed by atoms with Gasteiger partial charge in [0.05, 0.1) is 0 Å². The fraction of sp³-hybridized carbons (Fsp3) is 0.583. The molecule has 0 spiro atoms. The third-order valence-corrected chi connectivity index (χ3v) is 3.32. The van der Waals surface area contributed by atoms with E-state index in [1.165, 1.54) is 0 Å². The van der Waals surface area contributed by atoms with Crippen molar-refractivity contribution < 1.29 is 4.79 Å². The molecule has 1 aromatic heterocycles. The average Bonchev–Trinajstić information content (AvgIpc) is 2.88. The second-order valence-corrected chi connectivity index (χ2v) is 4.71. The summed E-state index contributed by atoms with van der Waals surface area (Å²) in [5.74, 6) is 0.633. The predicted molar refractivity (Wildman–Crippen MR) is 69.6 cm³/mol. The van der Waals surface area contributed by atoms with Gasteiger partial charge in [0.15, 0.2) is 5.69 Å². The molecule has 1 atom stereocenters. The minimum absolute atomic E-state index is 0.0329. The van der Waals surface area contributed by atoms with Gasteiger partial charge in [-0.2, -0.15) is 0 Å². The number of carbonyl (C=O) groups is 1. The lowest BCUT2D eigenvalue weighted by atomic mass is 10.2. The van der Waals surface area contributed by atoms with E-state index in [2.05, 4.69) is 20.4 Å². The number of carbonyl (C=O) groups excluding carboxylic acids is 1. The van der Waals surface area contributed by atoms with Gasteiger partial charge < -0.3 is 15.1 Å². The molecule has 6 heteroatoms. The molecule has 6 nitrogen and oxygen atoms in total. The zero-order chi connectivity index (χ0) is 13.1. The number of rotatable bonds is 3. The quantitative estimate of drug-likeness (QED) is 0.834. The van der Waals surface area contributed by atoms with Gasteiger partial charge in [-0.25, -0.2) is 0 Å². The number of likely N-dealkylation sites (tertiary alicyclic amines) is 1. The Labute approximate surface area is 107 Å². The fourth-order valence-corrected chi connectivity index (χ4v) is 2.09. The molecule has 0 aromatic carbocycles. The van der Waals surface area contributed by atoms with Gasteiger partial charge >= 0.3 is 0 Å². The lowest BCUT2D eigenvalue weighted by Crippen LogP contribution is -2.34. The van der Waals surface area contributed by atoms with Gasteiger partial charge in [-0.1, -0.05) is 0 Å². The zero-order valence-electron chi connectivity index (χ0n) is 11.1. The Hall–Kier alpha value is -1.69. The van der Waals surface area contributed by atoms with Gasteiger partial charge in [0.2, 0.25) is 0 Å². The number of amides is 1. The highest BCUT2D eigenvalue weighted by Gasteiger charge is 2.28. The monoisotopic (exact) mass is 249 g/mol. The molecule has 1 fully saturated rings. The largest absolute Gasteiger partial charge is 0.372 e. The van der Waals surface area contributed by atoms with Crippen LogP contribution in [-0.4, -0.2) is 66.2 Å². The van der Waals surface area contributed by atoms with Crippen molar-refractivity contribution >= 4 is 11.7 Å². The molecule has 1 amide bonds. The van der Waals surface area contributed by atoms with Gasteiger partial charge in [0, 0.05) is 26.2 Å². The van der Waals surface area contributed by atoms with E-state index < -0.39 is 0 Å². The molecule has 0 aliphatic carbocycles. The number of nitrogens with one attached hydrogen (secondary N) is 1. The third-order valence-electron chi connectivity index (χ3n) is 3.32. The zero-order valence-corrected chi connectivity index (χ0v) is 11.1. The summed E-state index contributed by atoms with van der Waals surface area (Å²) in [6, 6.07) is 3.92. The van der Waals surface area contributed by atoms with Crippen LogP contribution in [0.3, 0.4) is 0 Å². The normalized spacial score (nSPS) is 19.3. The molecular weight excluding hydrogens is 230 g/mol. The van der Waals surface area contributed by atoms with E-state index in [1.807, 2.05) is 19.0 Å². The molecule has 0 radical (unpaired) electrons. The van der Waals surface area contributed by atoms with Crippen molar-refractivity contribution in [2.75, 3.05) is 39.5 Å². The number of aromatic nitrogens is 2. The molecule has 1 saturated heterocycles. The summed E-state index contributed by atoms with van der Waals surface area (Å²) in [6.45, 7) is 1.55. The van der Waals surface area contributed by atoms with E-state index in [0.717, 1.165) is 19.5 Å². The summed E-state index contributed by atoms with van der Waals surface area (Å²) in [5.41, 5.74) is 0.411. The fourth-order valence-electron chi connectivity index (χ4n) is 2.09. The van der Waals surface area contributed by atoms with Gasteiger partial charge in [-0.05, 0) is 32.6 Å². The minimum Gasteiger partial charge on any atom is -0.372 e. The van der Waals surface area contributed by atoms with Crippen LogP contribution in [0.5, 0.6) is 0 Å². The minimum atomic E-state index is -0.0329. The number of nitrogens with zero attached hydrogens (tertiary/aromatic N) is 4. The Morgan fingerprint density at radius 2 is 2.22 bits per heavy atom. The molecule has 2 heterocycles. The topological polar surface area (TPSA) is 61.4 Å². The summed E-state index contributed by atoms with van der Waals surface area (Å²) >= 11 is 0. The van der Waals surface area contributed by atoms with E-state index in [0.29, 0.717) is 17.6 Å². The molecule has 18 heavy (non-hydrogen) atoms. The maximum absolute atomic E-state index is 12.2. The Bertz CT molecular complexity index is 417. The Morgan fingerprint density at radius 3 is 2.72 bits per heavy atom. The maximum atomic E-state index is 12.2. The summed E-state index contributed by atoms with van der Waals surface area (Å²) in [4.78, 5) is 16.2. The van der Waals surface area contributed by atoms with E-state index in [1.54, 1.807) is 19.2 Å². The molecule has 1 aliphatic rings. The van der Waals surface area contributed by atoms with Crippen molar-refractivity contribution in [3.8, 4) is 0 Å². The van der Waals surface area contributed by atoms with Crippen LogP contribution in [0.25, 0.3) is 0 Å². The van der Waals surface area contributed by atoms with Crippen molar-refractivity contribution in [1.82, 2.24) is 20.0 Å². The van der Waals surface area contributed by atoms with Crippen LogP contribution in [0.4, 0.5) is 5.82 Å². The smallest absolute Gasteiger partial charge is 0.274 e. The number of likely N-dealkylation sites (N-methyl/N-ethyl adjacent to an activating group) is 1. The van der Waals surface area contributed by atoms with E-state index >= 15 is 0 Å². The van der Waals surface area contributed by atoms with Crippen molar-refractivity contribution in [2.24, 2.45) is 0 Å². The van der Waals surface area contributed by atoms with Crippen LogP contribution >= 0.6 is 0 Å². The average molecular weight is 249 g/mol. The molecule has 2 rings (SSSR count). The van der Waals surface area contributed by atoms with Crippen LogP contribution in [0.15, 0.2) is 12.1 Å². The third kappa shape index (κ3) is 2.59. The van der Waals surface area contributed by atoms with E-state index in [4.69, 9.17) is 0 Å². The van der Waals surface area contributed by atoms with Crippen LogP contribution < -0.4 is 5.32 Å². The van der Waals surface area contributed by atoms with Crippen LogP contribution in [0.2, 0.25) is 0 Å². The number of hydrogen-bond donors (Lipinski definition) is 1. The lowest BCUT2D eigenvalue weighted by molar-refractivity contribution is 0.0776. The van der Waals surface area contributed by atoms with Crippen LogP contribution in [-0.2, 0) is 0 Å². The first kappa shape index (κ1) is 12.8. The Morgan fingerprint density at radius 1 is 1.44 bits per heavy atom. The summed E-state index contributed by atoms with van der Waals surface area (Å²) in [6.07, 6.45) is 1.01. The van der Waals surface area contributed by atoms with E-state index in [-0.39, 0.29) is 5.91 Å². The number of anilines is 1. The van der Waals surface area contributed by atoms with Crippen LogP contribution in [0.1, 0.15) is 16.9 Å². The van der Waals surface area contributed by atoms with Crippen molar-refractivity contribution in [1.29, 1.82) is 0 Å². The summed E-state index contributed by atoms with van der Waals surface area (Å²) < 4.78 is 0. The molecule has 1 unspecified atom stereocenters. The standard InChI is InChI=1S/C12H19N5O/c1-13-11-5-4-10(14-15-11)12(18)17-7-6-9(8-17)16(2)3/h4-5,9H,6-8H2,1-3H3,(H,13,15). The highest BCUT2D eigenvalue weighted by atomic mass is 16.2. The van der Waals surface area contributed by atoms with Crippen LogP contribution in [0, 0.1) is 0 Å². The Kier molecular flexibility index (Phi) is 3.76. The first-order chi connectivity index (χ1) is 8.61. The van der Waals surface area contributed by atoms with Gasteiger partial charge in [0.25, 0.3) is 5.91 Å². The second kappa shape index (κ2) is 5.30. The molecule has 1 aliphatic heterocycles. The maximum Gasteiger partial charge on any atom is 0.274 e. The summed E-state index contributed by atoms with van der Waals surface area (Å²) in [5, 5.41) is 10.8. The van der Waals surface area contributed by atoms with E-state index in [9.17, 15) is 4.79 Å². The first-order valence-corrected chi connectivity index (χ1v) is 6.09. The number of hydrogen-bond acceptors (Lipinski definition) is 5. The van der Waals surface area contributed by atoms with Crippen molar-refractivity contribution in [3.63, 3.8) is 0 Å². The van der Waals surface area contributed by atoms with Gasteiger partial charge in [0.1, 0.15) is 5.82 Å². The first-order valence-electron chi connectivity index (χ1n) is 6.09. The Balaban J connectivity index is 2.03. The highest BCUT2D eigenvalue weighted by Crippen LogP contribution is 2.15. The second-order valence-electron chi connectivity index (χ2n) is 4.71. The predicted octanol–water partition coefficient (Wildman–Crippen LogP) is 0.294. The summed E-state index contributed by atoms with van der Waals surface area (Å²) in [7, 11) is 5.86. The molecule has 1 N–H and O–H groups in total. The molecule has 0 bridgehead atoms. The lowest BCUT2D eigenvalue weighted by Gasteiger charge is -2.20. The van der Waals surface area contributed by atoms with Crippen molar-refractivity contribution in [2.45, 2.75) is 12.5 Å². The van der Waals surface area contributed by atoms with Gasteiger partial charge in [-0.15, -0.1) is 10.2 Å². The molecular formula is C12H19N5O. The highest BCUT2D eigenvalue weighted by molar-refractivity contribution is 5.92. The van der Waals surface area contributed by atoms with Gasteiger partial charge in [-0.3, -0.25) is 4.79 Å². The SMILES string of the molecule is CNc1ccc(C(=O)N2CCC(N(C)C)C2)nn1. The molecule has 1 aromatic rings.